The summed E-state index contributed by atoms with van der Waals surface area (Å²) in [5.74, 6) is -1.39. The lowest BCUT2D eigenvalue weighted by Gasteiger charge is -2.32. The number of hydrogen-bond acceptors (Lipinski definition) is 3. The molecule has 0 aromatic heterocycles. The molecular formula is C21H22BBrF3NO3. The van der Waals surface area contributed by atoms with E-state index in [0.29, 0.717) is 5.56 Å². The van der Waals surface area contributed by atoms with E-state index < -0.39 is 41.9 Å². The number of rotatable bonds is 4. The van der Waals surface area contributed by atoms with Crippen molar-refractivity contribution in [2.24, 2.45) is 0 Å². The van der Waals surface area contributed by atoms with Gasteiger partial charge in [-0.05, 0) is 67.4 Å². The first-order chi connectivity index (χ1) is 13.8. The van der Waals surface area contributed by atoms with E-state index in [1.807, 2.05) is 33.8 Å². The summed E-state index contributed by atoms with van der Waals surface area (Å²) in [5.41, 5.74) is -1.57. The van der Waals surface area contributed by atoms with Crippen molar-refractivity contribution in [1.82, 2.24) is 5.32 Å². The average Bonchev–Trinajstić information content (AvgIpc) is 2.86. The number of halogens is 4. The number of carbonyl (C=O) groups excluding carboxylic acids is 1. The van der Waals surface area contributed by atoms with Crippen LogP contribution in [-0.4, -0.2) is 24.2 Å². The zero-order chi connectivity index (χ0) is 22.3. The van der Waals surface area contributed by atoms with Gasteiger partial charge < -0.3 is 14.6 Å². The zero-order valence-electron chi connectivity index (χ0n) is 17.0. The van der Waals surface area contributed by atoms with Crippen molar-refractivity contribution in [2.45, 2.75) is 51.0 Å². The molecule has 0 radical (unpaired) electrons. The number of carbonyl (C=O) groups is 1. The summed E-state index contributed by atoms with van der Waals surface area (Å²) < 4.78 is 51.8. The largest absolute Gasteiger partial charge is 0.486 e. The van der Waals surface area contributed by atoms with Crippen LogP contribution in [0, 0.1) is 0 Å². The van der Waals surface area contributed by atoms with Crippen molar-refractivity contribution in [3.8, 4) is 0 Å². The summed E-state index contributed by atoms with van der Waals surface area (Å²) >= 11 is 3.17. The molecule has 0 saturated carbocycles. The monoisotopic (exact) mass is 483 g/mol. The summed E-state index contributed by atoms with van der Waals surface area (Å²) in [5, 5.41) is 2.80. The van der Waals surface area contributed by atoms with Gasteiger partial charge in [-0.15, -0.1) is 0 Å². The molecule has 1 saturated heterocycles. The van der Waals surface area contributed by atoms with E-state index in [1.54, 1.807) is 24.3 Å². The average molecular weight is 484 g/mol. The lowest BCUT2D eigenvalue weighted by Crippen LogP contribution is -2.41. The van der Waals surface area contributed by atoms with Crippen molar-refractivity contribution in [3.05, 3.63) is 69.7 Å². The Bertz CT molecular complexity index is 919. The summed E-state index contributed by atoms with van der Waals surface area (Å²) in [6.45, 7) is 7.56. The van der Waals surface area contributed by atoms with Crippen molar-refractivity contribution >= 4 is 29.0 Å². The lowest BCUT2D eigenvalue weighted by atomic mass is 9.74. The van der Waals surface area contributed by atoms with Crippen molar-refractivity contribution < 1.29 is 27.3 Å². The molecule has 3 rings (SSSR count). The number of hydrogen-bond donors (Lipinski definition) is 1. The first-order valence-corrected chi connectivity index (χ1v) is 10.2. The Kier molecular flexibility index (Phi) is 6.10. The van der Waals surface area contributed by atoms with Gasteiger partial charge in [0.05, 0.1) is 28.3 Å². The number of nitrogens with one attached hydrogen (secondary N) is 1. The Labute approximate surface area is 182 Å². The molecule has 1 aliphatic heterocycles. The molecule has 1 amide bonds. The van der Waals surface area contributed by atoms with Crippen LogP contribution >= 0.6 is 15.9 Å². The number of amides is 1. The smallest absolute Gasteiger partial charge is 0.402 e. The van der Waals surface area contributed by atoms with Gasteiger partial charge in [-0.3, -0.25) is 4.79 Å². The Morgan fingerprint density at radius 3 is 2.13 bits per heavy atom. The molecule has 160 valence electrons. The van der Waals surface area contributed by atoms with E-state index in [4.69, 9.17) is 9.31 Å². The first-order valence-electron chi connectivity index (χ1n) is 9.40. The molecule has 1 N–H and O–H groups in total. The minimum absolute atomic E-state index is 0.123. The van der Waals surface area contributed by atoms with E-state index >= 15 is 0 Å². The Hall–Kier alpha value is -1.84. The second-order valence-corrected chi connectivity index (χ2v) is 9.03. The quantitative estimate of drug-likeness (QED) is 0.578. The highest BCUT2D eigenvalue weighted by Gasteiger charge is 2.54. The third kappa shape index (κ3) is 4.58. The van der Waals surface area contributed by atoms with Gasteiger partial charge in [0.25, 0.3) is 5.91 Å². The molecule has 2 aromatic carbocycles. The van der Waals surface area contributed by atoms with Crippen molar-refractivity contribution in [2.75, 3.05) is 0 Å². The van der Waals surface area contributed by atoms with Crippen LogP contribution < -0.4 is 5.32 Å². The fourth-order valence-electron chi connectivity index (χ4n) is 3.09. The van der Waals surface area contributed by atoms with Crippen LogP contribution in [0.3, 0.4) is 0 Å². The zero-order valence-corrected chi connectivity index (χ0v) is 18.6. The standard InChI is InChI=1S/C21H22BBrF3NO3/c1-19(2)20(3,4)30-22(29-19)17(13-8-6-5-7-9-13)27-18(28)15-12-14(21(24,25)26)10-11-16(15)23/h5-12,17H,1-4H3,(H,27,28)/t17-/m1/s1. The molecule has 1 aliphatic rings. The molecule has 0 bridgehead atoms. The van der Waals surface area contributed by atoms with E-state index in [2.05, 4.69) is 21.2 Å². The maximum Gasteiger partial charge on any atom is 0.486 e. The highest BCUT2D eigenvalue weighted by atomic mass is 79.9. The SMILES string of the molecule is CC1(C)OB([C@H](NC(=O)c2cc(C(F)(F)F)ccc2Br)c2ccccc2)OC1(C)C. The van der Waals surface area contributed by atoms with Gasteiger partial charge in [-0.1, -0.05) is 30.3 Å². The number of benzene rings is 2. The van der Waals surface area contributed by atoms with Crippen LogP contribution in [0.15, 0.2) is 53.0 Å². The third-order valence-electron chi connectivity index (χ3n) is 5.53. The van der Waals surface area contributed by atoms with Gasteiger partial charge in [0.2, 0.25) is 0 Å². The van der Waals surface area contributed by atoms with E-state index in [0.717, 1.165) is 12.1 Å². The van der Waals surface area contributed by atoms with Crippen molar-refractivity contribution in [1.29, 1.82) is 0 Å². The fourth-order valence-corrected chi connectivity index (χ4v) is 3.51. The molecule has 2 aromatic rings. The minimum Gasteiger partial charge on any atom is -0.402 e. The highest BCUT2D eigenvalue weighted by Crippen LogP contribution is 2.40. The van der Waals surface area contributed by atoms with Crippen LogP contribution in [0.4, 0.5) is 13.2 Å². The fraction of sp³-hybridized carbons (Fsp3) is 0.381. The van der Waals surface area contributed by atoms with Gasteiger partial charge in [-0.2, -0.15) is 13.2 Å². The van der Waals surface area contributed by atoms with Crippen molar-refractivity contribution in [3.63, 3.8) is 0 Å². The normalized spacial score (nSPS) is 18.9. The van der Waals surface area contributed by atoms with Crippen LogP contribution in [0.5, 0.6) is 0 Å². The van der Waals surface area contributed by atoms with Gasteiger partial charge in [0.1, 0.15) is 0 Å². The molecular weight excluding hydrogens is 462 g/mol. The maximum absolute atomic E-state index is 13.1. The molecule has 30 heavy (non-hydrogen) atoms. The Morgan fingerprint density at radius 1 is 1.03 bits per heavy atom. The first kappa shape index (κ1) is 22.8. The van der Waals surface area contributed by atoms with Gasteiger partial charge >= 0.3 is 13.3 Å². The Morgan fingerprint density at radius 2 is 1.60 bits per heavy atom. The highest BCUT2D eigenvalue weighted by molar-refractivity contribution is 9.10. The van der Waals surface area contributed by atoms with E-state index in [-0.39, 0.29) is 10.0 Å². The molecule has 9 heteroatoms. The predicted octanol–water partition coefficient (Wildman–Crippen LogP) is 5.57. The summed E-state index contributed by atoms with van der Waals surface area (Å²) in [7, 11) is -0.814. The van der Waals surface area contributed by atoms with Crippen LogP contribution in [0.25, 0.3) is 0 Å². The molecule has 1 atom stereocenters. The molecule has 1 heterocycles. The predicted molar refractivity (Wildman–Crippen MR) is 112 cm³/mol. The number of alkyl halides is 3. The van der Waals surface area contributed by atoms with Crippen LogP contribution in [-0.2, 0) is 15.5 Å². The van der Waals surface area contributed by atoms with Gasteiger partial charge in [-0.25, -0.2) is 0 Å². The van der Waals surface area contributed by atoms with Gasteiger partial charge in [0.15, 0.2) is 0 Å². The molecule has 0 spiro atoms. The van der Waals surface area contributed by atoms with E-state index in [1.165, 1.54) is 6.07 Å². The summed E-state index contributed by atoms with van der Waals surface area (Å²) in [4.78, 5) is 13.0. The molecule has 0 unspecified atom stereocenters. The van der Waals surface area contributed by atoms with Crippen LogP contribution in [0.2, 0.25) is 0 Å². The van der Waals surface area contributed by atoms with E-state index in [9.17, 15) is 18.0 Å². The lowest BCUT2D eigenvalue weighted by molar-refractivity contribution is -0.137. The second-order valence-electron chi connectivity index (χ2n) is 8.18. The maximum atomic E-state index is 13.1. The van der Waals surface area contributed by atoms with Gasteiger partial charge in [0, 0.05) is 4.47 Å². The van der Waals surface area contributed by atoms with Crippen LogP contribution in [0.1, 0.15) is 55.1 Å². The topological polar surface area (TPSA) is 47.6 Å². The summed E-state index contributed by atoms with van der Waals surface area (Å²) in [6.07, 6.45) is -4.56. The summed E-state index contributed by atoms with van der Waals surface area (Å²) in [6, 6.07) is 12.0. The molecule has 4 nitrogen and oxygen atoms in total. The third-order valence-corrected chi connectivity index (χ3v) is 6.22. The second kappa shape index (κ2) is 8.02. The molecule has 1 fully saturated rings. The molecule has 0 aliphatic carbocycles. The minimum atomic E-state index is -4.56. The Balaban J connectivity index is 1.94.